The van der Waals surface area contributed by atoms with Crippen LogP contribution in [0.1, 0.15) is 15.9 Å². The number of rotatable bonds is 5. The molecular weight excluding hydrogens is 362 g/mol. The van der Waals surface area contributed by atoms with Crippen LogP contribution in [0.15, 0.2) is 83.6 Å². The summed E-state index contributed by atoms with van der Waals surface area (Å²) in [4.78, 5) is 20.1. The molecule has 0 saturated carbocycles. The van der Waals surface area contributed by atoms with Gasteiger partial charge in [0.15, 0.2) is 0 Å². The summed E-state index contributed by atoms with van der Waals surface area (Å²) in [5.41, 5.74) is 4.68. The van der Waals surface area contributed by atoms with Gasteiger partial charge < -0.3 is 14.7 Å². The largest absolute Gasteiger partial charge is 0.464 e. The zero-order valence-electron chi connectivity index (χ0n) is 15.7. The molecule has 0 bridgehead atoms. The molecule has 0 aliphatic carbocycles. The van der Waals surface area contributed by atoms with Gasteiger partial charge in [0.05, 0.1) is 6.26 Å². The standard InChI is InChI=1S/C24H19N3O2/c28-24(17-5-2-1-3-6-17)25-11-10-16-8-9-21-19(13-16)20-14-18(15-26-23(20)27-21)22-7-4-12-29-22/h1-9,12-15H,10-11H2,(H,25,28)(H,26,27). The molecule has 0 atom stereocenters. The molecule has 0 aliphatic rings. The molecule has 0 fully saturated rings. The van der Waals surface area contributed by atoms with Gasteiger partial charge in [-0.2, -0.15) is 0 Å². The Labute approximate surface area is 167 Å². The highest BCUT2D eigenvalue weighted by atomic mass is 16.3. The lowest BCUT2D eigenvalue weighted by molar-refractivity contribution is 0.0954. The van der Waals surface area contributed by atoms with Crippen molar-refractivity contribution < 1.29 is 9.21 Å². The third-order valence-corrected chi connectivity index (χ3v) is 5.06. The van der Waals surface area contributed by atoms with Crippen LogP contribution in [-0.4, -0.2) is 22.4 Å². The SMILES string of the molecule is O=C(NCCc1ccc2[nH]c3ncc(-c4ccco4)cc3c2c1)c1ccccc1. The summed E-state index contributed by atoms with van der Waals surface area (Å²) < 4.78 is 5.50. The Kier molecular flexibility index (Phi) is 4.33. The van der Waals surface area contributed by atoms with Crippen LogP contribution in [0.4, 0.5) is 0 Å². The zero-order valence-corrected chi connectivity index (χ0v) is 15.7. The maximum Gasteiger partial charge on any atom is 0.251 e. The van der Waals surface area contributed by atoms with Crippen LogP contribution in [0.2, 0.25) is 0 Å². The first-order valence-electron chi connectivity index (χ1n) is 9.55. The number of carbonyl (C=O) groups is 1. The minimum Gasteiger partial charge on any atom is -0.464 e. The molecule has 0 saturated heterocycles. The first kappa shape index (κ1) is 17.3. The number of fused-ring (bicyclic) bond motifs is 3. The number of hydrogen-bond acceptors (Lipinski definition) is 3. The third-order valence-electron chi connectivity index (χ3n) is 5.06. The number of H-pyrrole nitrogens is 1. The summed E-state index contributed by atoms with van der Waals surface area (Å²) >= 11 is 0. The molecule has 1 amide bonds. The summed E-state index contributed by atoms with van der Waals surface area (Å²) in [6.07, 6.45) is 4.24. The Balaban J connectivity index is 1.38. The number of carbonyl (C=O) groups excluding carboxylic acids is 1. The second kappa shape index (κ2) is 7.28. The van der Waals surface area contributed by atoms with Crippen LogP contribution in [0.5, 0.6) is 0 Å². The number of furan rings is 1. The van der Waals surface area contributed by atoms with Gasteiger partial charge >= 0.3 is 0 Å². The summed E-state index contributed by atoms with van der Waals surface area (Å²) in [6, 6.07) is 21.5. The van der Waals surface area contributed by atoms with E-state index in [9.17, 15) is 4.79 Å². The van der Waals surface area contributed by atoms with E-state index in [1.54, 1.807) is 6.26 Å². The average Bonchev–Trinajstić information content (AvgIpc) is 3.42. The molecule has 2 N–H and O–H groups in total. The van der Waals surface area contributed by atoms with E-state index in [1.807, 2.05) is 48.7 Å². The van der Waals surface area contributed by atoms with E-state index in [-0.39, 0.29) is 5.91 Å². The molecule has 3 aromatic heterocycles. The number of aromatic nitrogens is 2. The van der Waals surface area contributed by atoms with E-state index in [0.717, 1.165) is 45.2 Å². The van der Waals surface area contributed by atoms with Crippen LogP contribution in [0.25, 0.3) is 33.3 Å². The van der Waals surface area contributed by atoms with Crippen molar-refractivity contribution in [3.05, 3.63) is 90.3 Å². The smallest absolute Gasteiger partial charge is 0.251 e. The summed E-state index contributed by atoms with van der Waals surface area (Å²) in [5, 5.41) is 5.16. The molecule has 5 nitrogen and oxygen atoms in total. The van der Waals surface area contributed by atoms with Crippen molar-refractivity contribution in [3.8, 4) is 11.3 Å². The number of amides is 1. The van der Waals surface area contributed by atoms with Crippen LogP contribution < -0.4 is 5.32 Å². The van der Waals surface area contributed by atoms with Gasteiger partial charge in [-0.15, -0.1) is 0 Å². The van der Waals surface area contributed by atoms with Crippen molar-refractivity contribution >= 4 is 27.8 Å². The molecule has 0 unspecified atom stereocenters. The van der Waals surface area contributed by atoms with Crippen molar-refractivity contribution in [2.75, 3.05) is 6.54 Å². The Bertz CT molecular complexity index is 1290. The number of nitrogens with zero attached hydrogens (tertiary/aromatic N) is 1. The maximum atomic E-state index is 12.2. The molecule has 0 aliphatic heterocycles. The second-order valence-corrected chi connectivity index (χ2v) is 6.97. The first-order chi connectivity index (χ1) is 14.3. The molecule has 29 heavy (non-hydrogen) atoms. The molecule has 5 rings (SSSR count). The fourth-order valence-corrected chi connectivity index (χ4v) is 3.57. The van der Waals surface area contributed by atoms with E-state index >= 15 is 0 Å². The van der Waals surface area contributed by atoms with Gasteiger partial charge in [0.25, 0.3) is 5.91 Å². The van der Waals surface area contributed by atoms with Crippen molar-refractivity contribution in [1.29, 1.82) is 0 Å². The van der Waals surface area contributed by atoms with Gasteiger partial charge in [-0.05, 0) is 54.4 Å². The molecule has 0 spiro atoms. The number of hydrogen-bond donors (Lipinski definition) is 2. The summed E-state index contributed by atoms with van der Waals surface area (Å²) in [7, 11) is 0. The monoisotopic (exact) mass is 381 g/mol. The number of pyridine rings is 1. The van der Waals surface area contributed by atoms with E-state index in [1.165, 1.54) is 0 Å². The third kappa shape index (κ3) is 3.38. The predicted octanol–water partition coefficient (Wildman–Crippen LogP) is 4.95. The topological polar surface area (TPSA) is 70.9 Å². The molecule has 3 heterocycles. The van der Waals surface area contributed by atoms with Crippen molar-refractivity contribution in [2.45, 2.75) is 6.42 Å². The van der Waals surface area contributed by atoms with Crippen LogP contribution in [0.3, 0.4) is 0 Å². The highest BCUT2D eigenvalue weighted by Gasteiger charge is 2.10. The Hall–Kier alpha value is -3.86. The first-order valence-corrected chi connectivity index (χ1v) is 9.55. The van der Waals surface area contributed by atoms with Crippen molar-refractivity contribution in [1.82, 2.24) is 15.3 Å². The van der Waals surface area contributed by atoms with Crippen molar-refractivity contribution in [2.24, 2.45) is 0 Å². The molecule has 5 aromatic rings. The normalized spacial score (nSPS) is 11.2. The molecule has 2 aromatic carbocycles. The van der Waals surface area contributed by atoms with Gasteiger partial charge in [-0.3, -0.25) is 4.79 Å². The van der Waals surface area contributed by atoms with Gasteiger partial charge in [0.1, 0.15) is 11.4 Å². The second-order valence-electron chi connectivity index (χ2n) is 6.97. The number of nitrogens with one attached hydrogen (secondary N) is 2. The van der Waals surface area contributed by atoms with Gasteiger partial charge in [0.2, 0.25) is 0 Å². The van der Waals surface area contributed by atoms with E-state index in [0.29, 0.717) is 12.1 Å². The molecule has 142 valence electrons. The summed E-state index contributed by atoms with van der Waals surface area (Å²) in [5.74, 6) is 0.750. The zero-order chi connectivity index (χ0) is 19.6. The van der Waals surface area contributed by atoms with Gasteiger partial charge in [-0.1, -0.05) is 24.3 Å². The van der Waals surface area contributed by atoms with Crippen LogP contribution >= 0.6 is 0 Å². The van der Waals surface area contributed by atoms with Crippen molar-refractivity contribution in [3.63, 3.8) is 0 Å². The Morgan fingerprint density at radius 3 is 2.72 bits per heavy atom. The molecule has 5 heteroatoms. The minimum absolute atomic E-state index is 0.0499. The number of benzene rings is 2. The highest BCUT2D eigenvalue weighted by molar-refractivity contribution is 6.07. The average molecular weight is 381 g/mol. The molecular formula is C24H19N3O2. The summed E-state index contributed by atoms with van der Waals surface area (Å²) in [6.45, 7) is 0.581. The van der Waals surface area contributed by atoms with E-state index in [2.05, 4.69) is 39.6 Å². The van der Waals surface area contributed by atoms with Crippen LogP contribution in [0, 0.1) is 0 Å². The predicted molar refractivity (Wildman–Crippen MR) is 114 cm³/mol. The quantitative estimate of drug-likeness (QED) is 0.453. The van der Waals surface area contributed by atoms with E-state index in [4.69, 9.17) is 4.42 Å². The Morgan fingerprint density at radius 1 is 1.00 bits per heavy atom. The Morgan fingerprint density at radius 2 is 1.90 bits per heavy atom. The van der Waals surface area contributed by atoms with Crippen LogP contribution in [-0.2, 0) is 6.42 Å². The number of aromatic amines is 1. The lowest BCUT2D eigenvalue weighted by Crippen LogP contribution is -2.25. The maximum absolute atomic E-state index is 12.2. The lowest BCUT2D eigenvalue weighted by Gasteiger charge is -2.06. The van der Waals surface area contributed by atoms with E-state index < -0.39 is 0 Å². The lowest BCUT2D eigenvalue weighted by atomic mass is 10.1. The fraction of sp³-hybridized carbons (Fsp3) is 0.0833. The molecule has 0 radical (unpaired) electrons. The minimum atomic E-state index is -0.0499. The van der Waals surface area contributed by atoms with Gasteiger partial charge in [-0.25, -0.2) is 4.98 Å². The highest BCUT2D eigenvalue weighted by Crippen LogP contribution is 2.29. The van der Waals surface area contributed by atoms with Gasteiger partial charge in [0, 0.05) is 40.2 Å². The fourth-order valence-electron chi connectivity index (χ4n) is 3.57.